The molecule has 4 nitrogen and oxygen atoms in total. The van der Waals surface area contributed by atoms with Crippen LogP contribution in [0.4, 0.5) is 5.69 Å². The minimum atomic E-state index is 0.412. The van der Waals surface area contributed by atoms with Crippen LogP contribution in [-0.2, 0) is 0 Å². The van der Waals surface area contributed by atoms with Crippen molar-refractivity contribution in [3.8, 4) is 17.9 Å². The van der Waals surface area contributed by atoms with Crippen molar-refractivity contribution < 1.29 is 4.74 Å². The fourth-order valence-electron chi connectivity index (χ4n) is 1.59. The largest absolute Gasteiger partial charge is 0.495 e. The summed E-state index contributed by atoms with van der Waals surface area (Å²) in [7, 11) is 1.56. The van der Waals surface area contributed by atoms with E-state index < -0.39 is 0 Å². The van der Waals surface area contributed by atoms with Gasteiger partial charge in [-0.3, -0.25) is 0 Å². The van der Waals surface area contributed by atoms with E-state index in [1.54, 1.807) is 19.2 Å². The van der Waals surface area contributed by atoms with Gasteiger partial charge in [0.2, 0.25) is 0 Å². The van der Waals surface area contributed by atoms with Crippen LogP contribution in [0.1, 0.15) is 12.8 Å². The molecule has 0 atom stereocenters. The molecule has 0 unspecified atom stereocenters. The Hall–Kier alpha value is -1.91. The highest BCUT2D eigenvalue weighted by Crippen LogP contribution is 2.29. The molecular formula is C13H14ClN3O. The number of halogens is 1. The van der Waals surface area contributed by atoms with Gasteiger partial charge in [-0.2, -0.15) is 10.5 Å². The van der Waals surface area contributed by atoms with Crippen molar-refractivity contribution in [2.24, 2.45) is 0 Å². The molecule has 0 aliphatic rings. The van der Waals surface area contributed by atoms with E-state index in [2.05, 4.69) is 12.1 Å². The summed E-state index contributed by atoms with van der Waals surface area (Å²) in [6, 6.07) is 9.64. The number of anilines is 1. The zero-order valence-electron chi connectivity index (χ0n) is 10.2. The lowest BCUT2D eigenvalue weighted by Crippen LogP contribution is -2.25. The first-order valence-corrected chi connectivity index (χ1v) is 5.93. The number of benzene rings is 1. The highest BCUT2D eigenvalue weighted by Gasteiger charge is 2.09. The Labute approximate surface area is 112 Å². The third-order valence-corrected chi connectivity index (χ3v) is 2.78. The van der Waals surface area contributed by atoms with Crippen LogP contribution >= 0.6 is 11.6 Å². The number of nitriles is 2. The summed E-state index contributed by atoms with van der Waals surface area (Å²) in [5.74, 6) is 0.612. The molecule has 0 fully saturated rings. The molecule has 1 rings (SSSR count). The smallest absolute Gasteiger partial charge is 0.137 e. The molecule has 1 aromatic carbocycles. The van der Waals surface area contributed by atoms with E-state index in [0.717, 1.165) is 5.69 Å². The molecule has 0 bridgehead atoms. The zero-order chi connectivity index (χ0) is 13.4. The number of ether oxygens (including phenoxy) is 1. The van der Waals surface area contributed by atoms with Gasteiger partial charge in [-0.05, 0) is 18.2 Å². The Balaban J connectivity index is 2.87. The van der Waals surface area contributed by atoms with E-state index in [9.17, 15) is 0 Å². The van der Waals surface area contributed by atoms with Gasteiger partial charge in [0.15, 0.2) is 0 Å². The van der Waals surface area contributed by atoms with Gasteiger partial charge in [0.25, 0.3) is 0 Å². The number of hydrogen-bond donors (Lipinski definition) is 0. The number of methoxy groups -OCH3 is 1. The average molecular weight is 264 g/mol. The number of hydrogen-bond acceptors (Lipinski definition) is 4. The van der Waals surface area contributed by atoms with Crippen molar-refractivity contribution in [2.45, 2.75) is 12.8 Å². The van der Waals surface area contributed by atoms with Crippen molar-refractivity contribution in [1.29, 1.82) is 10.5 Å². The maximum atomic E-state index is 8.64. The Morgan fingerprint density at radius 1 is 1.22 bits per heavy atom. The normalized spacial score (nSPS) is 9.33. The Morgan fingerprint density at radius 2 is 1.83 bits per heavy atom. The van der Waals surface area contributed by atoms with E-state index in [4.69, 9.17) is 26.9 Å². The van der Waals surface area contributed by atoms with Crippen molar-refractivity contribution >= 4 is 17.3 Å². The SMILES string of the molecule is COc1ccc(N(CCC#N)CCC#N)cc1Cl. The summed E-state index contributed by atoms with van der Waals surface area (Å²) in [5, 5.41) is 17.8. The van der Waals surface area contributed by atoms with Crippen LogP contribution in [-0.4, -0.2) is 20.2 Å². The summed E-state index contributed by atoms with van der Waals surface area (Å²) >= 11 is 6.06. The third kappa shape index (κ3) is 3.84. The molecule has 0 aliphatic heterocycles. The molecule has 0 heterocycles. The van der Waals surface area contributed by atoms with Crippen LogP contribution < -0.4 is 9.64 Å². The van der Waals surface area contributed by atoms with Crippen LogP contribution in [0, 0.1) is 22.7 Å². The molecule has 0 radical (unpaired) electrons. The van der Waals surface area contributed by atoms with E-state index >= 15 is 0 Å². The first-order valence-electron chi connectivity index (χ1n) is 5.55. The second-order valence-corrected chi connectivity index (χ2v) is 4.03. The monoisotopic (exact) mass is 263 g/mol. The van der Waals surface area contributed by atoms with Gasteiger partial charge in [-0.15, -0.1) is 0 Å². The van der Waals surface area contributed by atoms with Crippen molar-refractivity contribution in [2.75, 3.05) is 25.1 Å². The average Bonchev–Trinajstić information content (AvgIpc) is 2.39. The molecule has 1 aromatic rings. The lowest BCUT2D eigenvalue weighted by atomic mass is 10.2. The van der Waals surface area contributed by atoms with Gasteiger partial charge >= 0.3 is 0 Å². The topological polar surface area (TPSA) is 60.0 Å². The van der Waals surface area contributed by atoms with Crippen LogP contribution in [0.3, 0.4) is 0 Å². The predicted octanol–water partition coefficient (Wildman–Crippen LogP) is 2.98. The van der Waals surface area contributed by atoms with Crippen molar-refractivity contribution in [1.82, 2.24) is 0 Å². The molecule has 0 aromatic heterocycles. The molecule has 5 heteroatoms. The minimum Gasteiger partial charge on any atom is -0.495 e. The molecule has 0 saturated carbocycles. The predicted molar refractivity (Wildman–Crippen MR) is 70.7 cm³/mol. The second kappa shape index (κ2) is 7.42. The lowest BCUT2D eigenvalue weighted by molar-refractivity contribution is 0.415. The van der Waals surface area contributed by atoms with Crippen molar-refractivity contribution in [3.63, 3.8) is 0 Å². The highest BCUT2D eigenvalue weighted by molar-refractivity contribution is 6.32. The first kappa shape index (κ1) is 14.2. The standard InChI is InChI=1S/C13H14ClN3O/c1-18-13-5-4-11(10-12(13)14)17(8-2-6-15)9-3-7-16/h4-5,10H,2-3,8-9H2,1H3. The summed E-state index contributed by atoms with van der Waals surface area (Å²) in [6.07, 6.45) is 0.824. The van der Waals surface area contributed by atoms with E-state index in [-0.39, 0.29) is 0 Å². The minimum absolute atomic E-state index is 0.412. The fourth-order valence-corrected chi connectivity index (χ4v) is 1.84. The molecule has 0 saturated heterocycles. The van der Waals surface area contributed by atoms with Gasteiger partial charge in [0.1, 0.15) is 5.75 Å². The molecule has 0 spiro atoms. The molecule has 18 heavy (non-hydrogen) atoms. The third-order valence-electron chi connectivity index (χ3n) is 2.49. The van der Waals surface area contributed by atoms with Gasteiger partial charge in [0, 0.05) is 18.8 Å². The summed E-state index contributed by atoms with van der Waals surface area (Å²) in [6.45, 7) is 1.17. The number of nitrogens with zero attached hydrogens (tertiary/aromatic N) is 3. The van der Waals surface area contributed by atoms with Gasteiger partial charge in [-0.1, -0.05) is 11.6 Å². The van der Waals surface area contributed by atoms with Crippen LogP contribution in [0.5, 0.6) is 5.75 Å². The van der Waals surface area contributed by atoms with Gasteiger partial charge in [-0.25, -0.2) is 0 Å². The van der Waals surface area contributed by atoms with Gasteiger partial charge in [0.05, 0.1) is 37.1 Å². The van der Waals surface area contributed by atoms with E-state index in [1.165, 1.54) is 0 Å². The van der Waals surface area contributed by atoms with E-state index in [1.807, 2.05) is 11.0 Å². The Bertz CT molecular complexity index is 458. The van der Waals surface area contributed by atoms with Gasteiger partial charge < -0.3 is 9.64 Å². The van der Waals surface area contributed by atoms with Crippen LogP contribution in [0.25, 0.3) is 0 Å². The number of rotatable bonds is 6. The second-order valence-electron chi connectivity index (χ2n) is 3.62. The molecule has 0 amide bonds. The molecule has 94 valence electrons. The summed E-state index contributed by atoms with van der Waals surface area (Å²) < 4.78 is 5.09. The zero-order valence-corrected chi connectivity index (χ0v) is 10.9. The van der Waals surface area contributed by atoms with Crippen molar-refractivity contribution in [3.05, 3.63) is 23.2 Å². The highest BCUT2D eigenvalue weighted by atomic mass is 35.5. The maximum Gasteiger partial charge on any atom is 0.137 e. The fraction of sp³-hybridized carbons (Fsp3) is 0.385. The van der Waals surface area contributed by atoms with Crippen LogP contribution in [0.2, 0.25) is 5.02 Å². The first-order chi connectivity index (χ1) is 8.72. The van der Waals surface area contributed by atoms with E-state index in [0.29, 0.717) is 36.7 Å². The molecular weight excluding hydrogens is 250 g/mol. The lowest BCUT2D eigenvalue weighted by Gasteiger charge is -2.23. The summed E-state index contributed by atoms with van der Waals surface area (Å²) in [4.78, 5) is 1.97. The quantitative estimate of drug-likeness (QED) is 0.792. The Kier molecular flexibility index (Phi) is 5.84. The molecule has 0 N–H and O–H groups in total. The van der Waals surface area contributed by atoms with Crippen LogP contribution in [0.15, 0.2) is 18.2 Å². The molecule has 0 aliphatic carbocycles. The Morgan fingerprint density at radius 3 is 2.28 bits per heavy atom. The maximum absolute atomic E-state index is 8.64. The summed E-state index contributed by atoms with van der Waals surface area (Å²) in [5.41, 5.74) is 0.895.